The predicted octanol–water partition coefficient (Wildman–Crippen LogP) is 7.77. The van der Waals surface area contributed by atoms with Crippen LogP contribution in [0.5, 0.6) is 23.0 Å². The van der Waals surface area contributed by atoms with Crippen molar-refractivity contribution in [3.05, 3.63) is 144 Å². The molecule has 40 heavy (non-hydrogen) atoms. The summed E-state index contributed by atoms with van der Waals surface area (Å²) in [6.07, 6.45) is 0. The van der Waals surface area contributed by atoms with Crippen LogP contribution in [0.15, 0.2) is 137 Å². The molecule has 0 amide bonds. The lowest BCUT2D eigenvalue weighted by atomic mass is 10.2. The van der Waals surface area contributed by atoms with Crippen molar-refractivity contribution in [2.75, 3.05) is 0 Å². The fourth-order valence-corrected chi connectivity index (χ4v) is 5.11. The fraction of sp³-hybridized carbons (Fsp3) is 0.0606. The van der Waals surface area contributed by atoms with Crippen LogP contribution in [-0.4, -0.2) is 14.4 Å². The van der Waals surface area contributed by atoms with Crippen LogP contribution >= 0.6 is 0 Å². The molecule has 0 aliphatic heterocycles. The van der Waals surface area contributed by atoms with Crippen LogP contribution < -0.4 is 9.47 Å². The standard InChI is InChI=1S/C33H26O6S/c1-24-7-11-27(12-8-24)38-29-15-19-31(20-16-29)40(35,36)32-21-17-30(18-22-32)39-28-13-9-26(10-14-28)33(34)37-23-25-5-3-2-4-6-25/h2-22H,23H2,1H3. The zero-order valence-electron chi connectivity index (χ0n) is 21.7. The highest BCUT2D eigenvalue weighted by Crippen LogP contribution is 2.28. The third-order valence-corrected chi connectivity index (χ3v) is 7.85. The van der Waals surface area contributed by atoms with E-state index in [0.29, 0.717) is 28.6 Å². The Labute approximate surface area is 233 Å². The van der Waals surface area contributed by atoms with E-state index in [1.165, 1.54) is 24.3 Å². The summed E-state index contributed by atoms with van der Waals surface area (Å²) in [5.74, 6) is 1.75. The highest BCUT2D eigenvalue weighted by molar-refractivity contribution is 7.91. The first-order valence-corrected chi connectivity index (χ1v) is 14.0. The smallest absolute Gasteiger partial charge is 0.338 e. The Hall–Kier alpha value is -4.88. The van der Waals surface area contributed by atoms with Crippen molar-refractivity contribution in [1.29, 1.82) is 0 Å². The van der Waals surface area contributed by atoms with Crippen LogP contribution in [0.4, 0.5) is 0 Å². The number of esters is 1. The molecule has 0 fully saturated rings. The van der Waals surface area contributed by atoms with Gasteiger partial charge in [0.2, 0.25) is 9.84 Å². The second-order valence-electron chi connectivity index (χ2n) is 9.05. The first-order valence-electron chi connectivity index (χ1n) is 12.6. The van der Waals surface area contributed by atoms with Crippen molar-refractivity contribution < 1.29 is 27.4 Å². The molecule has 0 aliphatic carbocycles. The molecule has 6 nitrogen and oxygen atoms in total. The van der Waals surface area contributed by atoms with E-state index in [1.807, 2.05) is 61.5 Å². The number of rotatable bonds is 9. The summed E-state index contributed by atoms with van der Waals surface area (Å²) in [5, 5.41) is 0. The molecule has 5 aromatic rings. The molecular formula is C33H26O6S. The topological polar surface area (TPSA) is 78.9 Å². The molecule has 0 N–H and O–H groups in total. The van der Waals surface area contributed by atoms with Crippen molar-refractivity contribution in [2.45, 2.75) is 23.3 Å². The maximum atomic E-state index is 13.1. The van der Waals surface area contributed by atoms with Crippen LogP contribution in [0.2, 0.25) is 0 Å². The van der Waals surface area contributed by atoms with Crippen LogP contribution in [0.3, 0.4) is 0 Å². The summed E-state index contributed by atoms with van der Waals surface area (Å²) in [6, 6.07) is 36.1. The van der Waals surface area contributed by atoms with Gasteiger partial charge in [0, 0.05) is 0 Å². The maximum absolute atomic E-state index is 13.1. The van der Waals surface area contributed by atoms with E-state index < -0.39 is 15.8 Å². The molecule has 0 atom stereocenters. The van der Waals surface area contributed by atoms with E-state index in [9.17, 15) is 13.2 Å². The van der Waals surface area contributed by atoms with Crippen molar-refractivity contribution >= 4 is 15.8 Å². The molecule has 0 aromatic heterocycles. The zero-order chi connectivity index (χ0) is 28.0. The molecular weight excluding hydrogens is 524 g/mol. The number of carbonyl (C=O) groups excluding carboxylic acids is 1. The number of hydrogen-bond donors (Lipinski definition) is 0. The molecule has 0 saturated heterocycles. The molecule has 7 heteroatoms. The Morgan fingerprint density at radius 2 is 1.00 bits per heavy atom. The maximum Gasteiger partial charge on any atom is 0.338 e. The highest BCUT2D eigenvalue weighted by Gasteiger charge is 2.18. The molecule has 0 bridgehead atoms. The van der Waals surface area contributed by atoms with Gasteiger partial charge in [0.25, 0.3) is 0 Å². The van der Waals surface area contributed by atoms with E-state index in [4.69, 9.17) is 14.2 Å². The molecule has 5 rings (SSSR count). The molecule has 5 aromatic carbocycles. The molecule has 0 heterocycles. The lowest BCUT2D eigenvalue weighted by Crippen LogP contribution is -2.05. The SMILES string of the molecule is Cc1ccc(Oc2ccc(S(=O)(=O)c3ccc(Oc4ccc(C(=O)OCc5ccccc5)cc4)cc3)cc2)cc1. The van der Waals surface area contributed by atoms with Gasteiger partial charge in [0.15, 0.2) is 0 Å². The van der Waals surface area contributed by atoms with E-state index in [2.05, 4.69) is 0 Å². The third-order valence-electron chi connectivity index (χ3n) is 6.06. The van der Waals surface area contributed by atoms with Gasteiger partial charge in [-0.25, -0.2) is 13.2 Å². The van der Waals surface area contributed by atoms with E-state index in [1.54, 1.807) is 48.5 Å². The average molecular weight is 551 g/mol. The molecule has 0 unspecified atom stereocenters. The normalized spacial score (nSPS) is 11.0. The van der Waals surface area contributed by atoms with Gasteiger partial charge < -0.3 is 14.2 Å². The lowest BCUT2D eigenvalue weighted by Gasteiger charge is -2.10. The van der Waals surface area contributed by atoms with Crippen molar-refractivity contribution in [1.82, 2.24) is 0 Å². The van der Waals surface area contributed by atoms with E-state index in [0.717, 1.165) is 11.1 Å². The van der Waals surface area contributed by atoms with Gasteiger partial charge in [0.1, 0.15) is 29.6 Å². The minimum Gasteiger partial charge on any atom is -0.457 e. The Morgan fingerprint density at radius 3 is 1.48 bits per heavy atom. The lowest BCUT2D eigenvalue weighted by molar-refractivity contribution is 0.0472. The van der Waals surface area contributed by atoms with Gasteiger partial charge in [-0.2, -0.15) is 0 Å². The summed E-state index contributed by atoms with van der Waals surface area (Å²) in [5.41, 5.74) is 2.44. The molecule has 200 valence electrons. The van der Waals surface area contributed by atoms with Crippen molar-refractivity contribution in [3.63, 3.8) is 0 Å². The molecule has 0 saturated carbocycles. The summed E-state index contributed by atoms with van der Waals surface area (Å²) in [6.45, 7) is 2.19. The number of carbonyl (C=O) groups is 1. The van der Waals surface area contributed by atoms with Crippen molar-refractivity contribution in [3.8, 4) is 23.0 Å². The van der Waals surface area contributed by atoms with Gasteiger partial charge >= 0.3 is 5.97 Å². The summed E-state index contributed by atoms with van der Waals surface area (Å²) >= 11 is 0. The second-order valence-corrected chi connectivity index (χ2v) is 11.0. The summed E-state index contributed by atoms with van der Waals surface area (Å²) in [7, 11) is -3.73. The van der Waals surface area contributed by atoms with Gasteiger partial charge in [-0.1, -0.05) is 48.0 Å². The Balaban J connectivity index is 1.19. The summed E-state index contributed by atoms with van der Waals surface area (Å²) in [4.78, 5) is 12.6. The van der Waals surface area contributed by atoms with Crippen LogP contribution in [0, 0.1) is 6.92 Å². The van der Waals surface area contributed by atoms with E-state index in [-0.39, 0.29) is 16.4 Å². The molecule has 0 aliphatic rings. The number of aryl methyl sites for hydroxylation is 1. The molecule has 0 spiro atoms. The predicted molar refractivity (Wildman–Crippen MR) is 152 cm³/mol. The number of sulfone groups is 1. The third kappa shape index (κ3) is 6.57. The second kappa shape index (κ2) is 11.9. The summed E-state index contributed by atoms with van der Waals surface area (Å²) < 4.78 is 43.2. The minimum atomic E-state index is -3.73. The highest BCUT2D eigenvalue weighted by atomic mass is 32.2. The van der Waals surface area contributed by atoms with Crippen molar-refractivity contribution in [2.24, 2.45) is 0 Å². The number of hydrogen-bond acceptors (Lipinski definition) is 6. The van der Waals surface area contributed by atoms with Crippen LogP contribution in [0.1, 0.15) is 21.5 Å². The Kier molecular flexibility index (Phi) is 7.94. The zero-order valence-corrected chi connectivity index (χ0v) is 22.5. The average Bonchev–Trinajstić information content (AvgIpc) is 2.98. The fourth-order valence-electron chi connectivity index (χ4n) is 3.85. The van der Waals surface area contributed by atoms with Crippen LogP contribution in [-0.2, 0) is 21.2 Å². The Morgan fingerprint density at radius 1 is 0.575 bits per heavy atom. The Bertz CT molecular complexity index is 1680. The van der Waals surface area contributed by atoms with Crippen LogP contribution in [0.25, 0.3) is 0 Å². The quantitative estimate of drug-likeness (QED) is 0.175. The number of benzene rings is 5. The monoisotopic (exact) mass is 550 g/mol. The minimum absolute atomic E-state index is 0.142. The first kappa shape index (κ1) is 26.7. The molecule has 0 radical (unpaired) electrons. The van der Waals surface area contributed by atoms with Gasteiger partial charge in [-0.05, 0) is 97.4 Å². The van der Waals surface area contributed by atoms with E-state index >= 15 is 0 Å². The number of ether oxygens (including phenoxy) is 3. The first-order chi connectivity index (χ1) is 19.4. The van der Waals surface area contributed by atoms with Gasteiger partial charge in [0.05, 0.1) is 15.4 Å². The largest absolute Gasteiger partial charge is 0.457 e. The van der Waals surface area contributed by atoms with Gasteiger partial charge in [-0.15, -0.1) is 0 Å². The van der Waals surface area contributed by atoms with Gasteiger partial charge in [-0.3, -0.25) is 0 Å².